The number of carbonyl (C=O) groups is 3. The van der Waals surface area contributed by atoms with E-state index in [1.165, 1.54) is 16.0 Å². The van der Waals surface area contributed by atoms with Gasteiger partial charge in [0.05, 0.1) is 5.92 Å². The summed E-state index contributed by atoms with van der Waals surface area (Å²) in [5, 5.41) is 11.9. The number of hydrogen-bond acceptors (Lipinski definition) is 4. The molecule has 1 saturated heterocycles. The molecule has 178 valence electrons. The zero-order valence-corrected chi connectivity index (χ0v) is 19.3. The van der Waals surface area contributed by atoms with E-state index in [1.807, 2.05) is 24.3 Å². The molecule has 2 N–H and O–H groups in total. The molecule has 0 spiro atoms. The number of hydrogen-bond donors (Lipinski definition) is 2. The highest BCUT2D eigenvalue weighted by atomic mass is 16.5. The van der Waals surface area contributed by atoms with Crippen molar-refractivity contribution in [1.29, 1.82) is 0 Å². The van der Waals surface area contributed by atoms with Gasteiger partial charge in [-0.3, -0.25) is 10.1 Å². The van der Waals surface area contributed by atoms with E-state index in [0.29, 0.717) is 18.7 Å². The molecule has 0 radical (unpaired) electrons. The van der Waals surface area contributed by atoms with Crippen LogP contribution in [0.4, 0.5) is 10.5 Å². The maximum atomic E-state index is 12.7. The van der Waals surface area contributed by atoms with Crippen molar-refractivity contribution in [2.24, 2.45) is 0 Å². The molecule has 2 amide bonds. The molecule has 2 unspecified atom stereocenters. The van der Waals surface area contributed by atoms with Crippen LogP contribution in [-0.4, -0.2) is 47.2 Å². The zero-order chi connectivity index (χ0) is 24.5. The van der Waals surface area contributed by atoms with Gasteiger partial charge in [0.2, 0.25) is 5.91 Å². The van der Waals surface area contributed by atoms with Crippen molar-refractivity contribution in [2.45, 2.75) is 31.2 Å². The first kappa shape index (κ1) is 22.7. The van der Waals surface area contributed by atoms with Crippen LogP contribution in [0.1, 0.15) is 41.9 Å². The van der Waals surface area contributed by atoms with E-state index < -0.39 is 24.0 Å². The SMILES string of the molecule is CC(C(=O)N1CCC1C(=O)O)c1ccc(NC(=O)OCC2c3ccccc3-c3ccccc32)cc1. The van der Waals surface area contributed by atoms with Crippen molar-refractivity contribution in [3.8, 4) is 11.1 Å². The average Bonchev–Trinajstić information content (AvgIpc) is 3.15. The number of carboxylic acids is 1. The smallest absolute Gasteiger partial charge is 0.411 e. The summed E-state index contributed by atoms with van der Waals surface area (Å²) in [6.45, 7) is 2.44. The van der Waals surface area contributed by atoms with Crippen molar-refractivity contribution in [2.75, 3.05) is 18.5 Å². The van der Waals surface area contributed by atoms with Crippen LogP contribution in [0.25, 0.3) is 11.1 Å². The van der Waals surface area contributed by atoms with Gasteiger partial charge in [0.1, 0.15) is 12.6 Å². The van der Waals surface area contributed by atoms with Crippen LogP contribution in [0.15, 0.2) is 72.8 Å². The number of benzene rings is 3. The van der Waals surface area contributed by atoms with Gasteiger partial charge in [0.25, 0.3) is 0 Å². The Bertz CT molecular complexity index is 1240. The first-order valence-corrected chi connectivity index (χ1v) is 11.7. The Labute approximate surface area is 203 Å². The molecule has 0 saturated carbocycles. The Morgan fingerprint density at radius 3 is 2.11 bits per heavy atom. The minimum absolute atomic E-state index is 0.0153. The van der Waals surface area contributed by atoms with Gasteiger partial charge in [0, 0.05) is 18.2 Å². The maximum Gasteiger partial charge on any atom is 0.411 e. The van der Waals surface area contributed by atoms with E-state index in [4.69, 9.17) is 4.74 Å². The van der Waals surface area contributed by atoms with Crippen molar-refractivity contribution < 1.29 is 24.2 Å². The molecule has 3 aromatic rings. The van der Waals surface area contributed by atoms with Crippen LogP contribution in [0, 0.1) is 0 Å². The van der Waals surface area contributed by atoms with E-state index in [2.05, 4.69) is 29.6 Å². The summed E-state index contributed by atoms with van der Waals surface area (Å²) in [6.07, 6.45) is -0.0647. The van der Waals surface area contributed by atoms with Gasteiger partial charge < -0.3 is 14.7 Å². The average molecular weight is 471 g/mol. The third-order valence-corrected chi connectivity index (χ3v) is 6.96. The van der Waals surface area contributed by atoms with E-state index in [-0.39, 0.29) is 18.4 Å². The molecular formula is C28H26N2O5. The Morgan fingerprint density at radius 1 is 0.971 bits per heavy atom. The Kier molecular flexibility index (Phi) is 5.99. The van der Waals surface area contributed by atoms with Crippen LogP contribution in [-0.2, 0) is 14.3 Å². The van der Waals surface area contributed by atoms with Crippen molar-refractivity contribution in [3.63, 3.8) is 0 Å². The van der Waals surface area contributed by atoms with E-state index in [1.54, 1.807) is 31.2 Å². The molecular weight excluding hydrogens is 444 g/mol. The first-order valence-electron chi connectivity index (χ1n) is 11.7. The van der Waals surface area contributed by atoms with Gasteiger partial charge in [-0.05, 0) is 53.3 Å². The van der Waals surface area contributed by atoms with Crippen LogP contribution >= 0.6 is 0 Å². The minimum atomic E-state index is -0.973. The summed E-state index contributed by atoms with van der Waals surface area (Å²) in [6, 6.07) is 22.5. The second kappa shape index (κ2) is 9.25. The number of aliphatic carboxylic acids is 1. The molecule has 2 aliphatic rings. The summed E-state index contributed by atoms with van der Waals surface area (Å²) in [5.41, 5.74) is 5.95. The van der Waals surface area contributed by atoms with Gasteiger partial charge in [-0.2, -0.15) is 0 Å². The van der Waals surface area contributed by atoms with E-state index >= 15 is 0 Å². The summed E-state index contributed by atoms with van der Waals surface area (Å²) >= 11 is 0. The number of likely N-dealkylation sites (tertiary alicyclic amines) is 1. The molecule has 35 heavy (non-hydrogen) atoms. The minimum Gasteiger partial charge on any atom is -0.480 e. The maximum absolute atomic E-state index is 12.7. The highest BCUT2D eigenvalue weighted by Crippen LogP contribution is 2.44. The fourth-order valence-corrected chi connectivity index (χ4v) is 4.91. The number of fused-ring (bicyclic) bond motifs is 3. The highest BCUT2D eigenvalue weighted by molar-refractivity contribution is 5.90. The predicted octanol–water partition coefficient (Wildman–Crippen LogP) is 4.84. The lowest BCUT2D eigenvalue weighted by molar-refractivity contribution is -0.157. The quantitative estimate of drug-likeness (QED) is 0.538. The summed E-state index contributed by atoms with van der Waals surface area (Å²) < 4.78 is 5.58. The number of ether oxygens (including phenoxy) is 1. The molecule has 7 nitrogen and oxygen atoms in total. The number of anilines is 1. The lowest BCUT2D eigenvalue weighted by atomic mass is 9.95. The molecule has 1 fully saturated rings. The lowest BCUT2D eigenvalue weighted by Crippen LogP contribution is -2.56. The Hall–Kier alpha value is -4.13. The molecule has 1 heterocycles. The van der Waals surface area contributed by atoms with Crippen LogP contribution < -0.4 is 5.32 Å². The van der Waals surface area contributed by atoms with Crippen molar-refractivity contribution in [1.82, 2.24) is 4.90 Å². The number of nitrogens with zero attached hydrogens (tertiary/aromatic N) is 1. The van der Waals surface area contributed by atoms with Crippen LogP contribution in [0.2, 0.25) is 0 Å². The monoisotopic (exact) mass is 470 g/mol. The topological polar surface area (TPSA) is 95.9 Å². The number of rotatable bonds is 6. The molecule has 1 aliphatic heterocycles. The van der Waals surface area contributed by atoms with Gasteiger partial charge in [-0.15, -0.1) is 0 Å². The van der Waals surface area contributed by atoms with Gasteiger partial charge in [0.15, 0.2) is 0 Å². The third-order valence-electron chi connectivity index (χ3n) is 6.96. The predicted molar refractivity (Wildman–Crippen MR) is 131 cm³/mol. The van der Waals surface area contributed by atoms with E-state index in [0.717, 1.165) is 16.7 Å². The van der Waals surface area contributed by atoms with Gasteiger partial charge in [-0.1, -0.05) is 60.7 Å². The van der Waals surface area contributed by atoms with Crippen LogP contribution in [0.5, 0.6) is 0 Å². The Balaban J connectivity index is 1.19. The van der Waals surface area contributed by atoms with Gasteiger partial charge >= 0.3 is 12.1 Å². The molecule has 0 bridgehead atoms. The zero-order valence-electron chi connectivity index (χ0n) is 19.3. The van der Waals surface area contributed by atoms with Crippen molar-refractivity contribution in [3.05, 3.63) is 89.5 Å². The third kappa shape index (κ3) is 4.25. The van der Waals surface area contributed by atoms with E-state index in [9.17, 15) is 19.5 Å². The summed E-state index contributed by atoms with van der Waals surface area (Å²) in [4.78, 5) is 37.8. The highest BCUT2D eigenvalue weighted by Gasteiger charge is 2.39. The second-order valence-electron chi connectivity index (χ2n) is 8.97. The number of carboxylic acid groups (broad SMARTS) is 1. The first-order chi connectivity index (χ1) is 16.9. The molecule has 0 aromatic heterocycles. The standard InChI is InChI=1S/C28H26N2O5/c1-17(26(31)30-15-14-25(30)27(32)33)18-10-12-19(13-11-18)29-28(34)35-16-24-22-8-4-2-6-20(22)21-7-3-5-9-23(21)24/h2-13,17,24-25H,14-16H2,1H3,(H,29,34)(H,32,33). The fraction of sp³-hybridized carbons (Fsp3) is 0.250. The normalized spacial score (nSPS) is 17.1. The summed E-state index contributed by atoms with van der Waals surface area (Å²) in [5.74, 6) is -1.67. The van der Waals surface area contributed by atoms with Gasteiger partial charge in [-0.25, -0.2) is 9.59 Å². The molecule has 3 aromatic carbocycles. The van der Waals surface area contributed by atoms with Crippen LogP contribution in [0.3, 0.4) is 0 Å². The summed E-state index contributed by atoms with van der Waals surface area (Å²) in [7, 11) is 0. The molecule has 7 heteroatoms. The lowest BCUT2D eigenvalue weighted by Gasteiger charge is -2.39. The number of carbonyl (C=O) groups excluding carboxylic acids is 2. The fourth-order valence-electron chi connectivity index (χ4n) is 4.91. The number of nitrogens with one attached hydrogen (secondary N) is 1. The molecule has 2 atom stereocenters. The molecule has 1 aliphatic carbocycles. The largest absolute Gasteiger partial charge is 0.480 e. The van der Waals surface area contributed by atoms with Crippen molar-refractivity contribution >= 4 is 23.7 Å². The Morgan fingerprint density at radius 2 is 1.57 bits per heavy atom. The number of amides is 2. The second-order valence-corrected chi connectivity index (χ2v) is 8.97. The molecule has 5 rings (SSSR count).